The Labute approximate surface area is 143 Å². The van der Waals surface area contributed by atoms with E-state index in [0.29, 0.717) is 13.1 Å². The number of alkyl carbamates (subject to hydrolysis) is 1. The van der Waals surface area contributed by atoms with Crippen molar-refractivity contribution in [2.24, 2.45) is 0 Å². The molecule has 0 radical (unpaired) electrons. The summed E-state index contributed by atoms with van der Waals surface area (Å²) in [6.45, 7) is 10.4. The van der Waals surface area contributed by atoms with E-state index in [0.717, 1.165) is 18.4 Å². The summed E-state index contributed by atoms with van der Waals surface area (Å²) in [5.74, 6) is -1.000. The van der Waals surface area contributed by atoms with E-state index >= 15 is 0 Å². The number of amides is 1. The molecule has 1 rings (SSSR count). The Bertz CT molecular complexity index is 552. The zero-order valence-corrected chi connectivity index (χ0v) is 15.2. The minimum Gasteiger partial charge on any atom is -0.505 e. The second-order valence-corrected chi connectivity index (χ2v) is 7.00. The van der Waals surface area contributed by atoms with Gasteiger partial charge in [-0.3, -0.25) is 0 Å². The third kappa shape index (κ3) is 6.35. The van der Waals surface area contributed by atoms with Crippen LogP contribution >= 0.6 is 0 Å². The molecule has 6 heteroatoms. The first-order valence-corrected chi connectivity index (χ1v) is 8.30. The molecule has 0 saturated carbocycles. The number of halogens is 1. The summed E-state index contributed by atoms with van der Waals surface area (Å²) in [5, 5.41) is 15.4. The van der Waals surface area contributed by atoms with Crippen molar-refractivity contribution in [3.63, 3.8) is 0 Å². The van der Waals surface area contributed by atoms with Gasteiger partial charge in [0, 0.05) is 13.1 Å². The van der Waals surface area contributed by atoms with Crippen molar-refractivity contribution in [3.05, 3.63) is 29.6 Å². The average Bonchev–Trinajstić information content (AvgIpc) is 2.48. The lowest BCUT2D eigenvalue weighted by Crippen LogP contribution is -2.55. The smallest absolute Gasteiger partial charge is 0.408 e. The fourth-order valence-electron chi connectivity index (χ4n) is 2.35. The zero-order valence-electron chi connectivity index (χ0n) is 15.2. The van der Waals surface area contributed by atoms with Gasteiger partial charge in [0.25, 0.3) is 0 Å². The summed E-state index contributed by atoms with van der Waals surface area (Å²) in [5.41, 5.74) is -0.254. The Hall–Kier alpha value is -1.82. The largest absolute Gasteiger partial charge is 0.505 e. The highest BCUT2D eigenvalue weighted by atomic mass is 19.1. The van der Waals surface area contributed by atoms with Crippen LogP contribution in [0, 0.1) is 5.82 Å². The maximum atomic E-state index is 13.4. The van der Waals surface area contributed by atoms with Gasteiger partial charge in [0.1, 0.15) is 5.60 Å². The van der Waals surface area contributed by atoms with Gasteiger partial charge in [-0.25, -0.2) is 9.18 Å². The Morgan fingerprint density at radius 3 is 2.38 bits per heavy atom. The van der Waals surface area contributed by atoms with Crippen LogP contribution in [0.15, 0.2) is 18.2 Å². The van der Waals surface area contributed by atoms with Crippen LogP contribution in [0.1, 0.15) is 53.0 Å². The van der Waals surface area contributed by atoms with E-state index in [1.54, 1.807) is 6.07 Å². The van der Waals surface area contributed by atoms with Crippen molar-refractivity contribution in [1.29, 1.82) is 0 Å². The molecule has 0 bridgehead atoms. The van der Waals surface area contributed by atoms with E-state index in [1.807, 2.05) is 34.6 Å². The topological polar surface area (TPSA) is 70.6 Å². The number of carbonyl (C=O) groups excluding carboxylic acids is 1. The number of hydrogen-bond acceptors (Lipinski definition) is 4. The fourth-order valence-corrected chi connectivity index (χ4v) is 2.35. The maximum Gasteiger partial charge on any atom is 0.408 e. The molecule has 1 aromatic rings. The molecule has 0 fully saturated rings. The predicted octanol–water partition coefficient (Wildman–Crippen LogP) is 3.70. The number of carbonyl (C=O) groups is 1. The van der Waals surface area contributed by atoms with Crippen molar-refractivity contribution in [1.82, 2.24) is 10.6 Å². The van der Waals surface area contributed by atoms with Gasteiger partial charge < -0.3 is 20.5 Å². The highest BCUT2D eigenvalue weighted by Gasteiger charge is 2.30. The second kappa shape index (κ2) is 8.33. The van der Waals surface area contributed by atoms with Crippen molar-refractivity contribution < 1.29 is 19.0 Å². The molecule has 0 aromatic heterocycles. The monoisotopic (exact) mass is 340 g/mol. The molecule has 0 aliphatic heterocycles. The summed E-state index contributed by atoms with van der Waals surface area (Å²) in [4.78, 5) is 12.1. The molecule has 1 amide bonds. The lowest BCUT2D eigenvalue weighted by Gasteiger charge is -2.34. The van der Waals surface area contributed by atoms with Crippen LogP contribution in [0.2, 0.25) is 0 Å². The average molecular weight is 340 g/mol. The minimum absolute atomic E-state index is 0.359. The third-order valence-corrected chi connectivity index (χ3v) is 3.92. The van der Waals surface area contributed by atoms with E-state index in [2.05, 4.69) is 10.6 Å². The van der Waals surface area contributed by atoms with Crippen molar-refractivity contribution in [3.8, 4) is 5.75 Å². The van der Waals surface area contributed by atoms with E-state index in [9.17, 15) is 14.3 Å². The van der Waals surface area contributed by atoms with Crippen LogP contribution in [0.5, 0.6) is 5.75 Å². The molecule has 3 N–H and O–H groups in total. The lowest BCUT2D eigenvalue weighted by molar-refractivity contribution is 0.0446. The Morgan fingerprint density at radius 2 is 1.88 bits per heavy atom. The van der Waals surface area contributed by atoms with Crippen LogP contribution < -0.4 is 10.6 Å². The normalized spacial score (nSPS) is 12.1. The molecule has 0 heterocycles. The van der Waals surface area contributed by atoms with E-state index < -0.39 is 23.1 Å². The van der Waals surface area contributed by atoms with E-state index in [1.165, 1.54) is 12.1 Å². The number of aromatic hydroxyl groups is 1. The van der Waals surface area contributed by atoms with Crippen LogP contribution in [0.4, 0.5) is 9.18 Å². The van der Waals surface area contributed by atoms with Crippen LogP contribution in [-0.4, -0.2) is 28.9 Å². The summed E-state index contributed by atoms with van der Waals surface area (Å²) >= 11 is 0. The molecule has 0 spiro atoms. The Morgan fingerprint density at radius 1 is 1.25 bits per heavy atom. The van der Waals surface area contributed by atoms with Crippen molar-refractivity contribution in [2.45, 2.75) is 65.1 Å². The molecule has 0 aliphatic carbocycles. The molecule has 136 valence electrons. The summed E-state index contributed by atoms with van der Waals surface area (Å²) < 4.78 is 18.7. The van der Waals surface area contributed by atoms with Crippen LogP contribution in [0.25, 0.3) is 0 Å². The number of hydrogen-bond donors (Lipinski definition) is 3. The van der Waals surface area contributed by atoms with Gasteiger partial charge in [-0.05, 0) is 51.3 Å². The molecule has 0 unspecified atom stereocenters. The highest BCUT2D eigenvalue weighted by Crippen LogP contribution is 2.18. The summed E-state index contributed by atoms with van der Waals surface area (Å²) in [7, 11) is 0. The molecule has 24 heavy (non-hydrogen) atoms. The molecule has 0 saturated heterocycles. The lowest BCUT2D eigenvalue weighted by atomic mass is 9.92. The number of benzene rings is 1. The van der Waals surface area contributed by atoms with Crippen LogP contribution in [0.3, 0.4) is 0 Å². The standard InChI is InChI=1S/C18H29FN2O3/c1-6-18(7-2,21-16(23)24-17(3,4)5)12-20-11-13-8-9-15(22)14(19)10-13/h8-10,20,22H,6-7,11-12H2,1-5H3,(H,21,23). The fraction of sp³-hybridized carbons (Fsp3) is 0.611. The van der Waals surface area contributed by atoms with Gasteiger partial charge in [0.15, 0.2) is 11.6 Å². The quantitative estimate of drug-likeness (QED) is 0.708. The SMILES string of the molecule is CCC(CC)(CNCc1ccc(O)c(F)c1)NC(=O)OC(C)(C)C. The minimum atomic E-state index is -0.640. The Balaban J connectivity index is 2.64. The first-order valence-electron chi connectivity index (χ1n) is 8.30. The third-order valence-electron chi connectivity index (χ3n) is 3.92. The van der Waals surface area contributed by atoms with Crippen molar-refractivity contribution in [2.75, 3.05) is 6.54 Å². The Kier molecular flexibility index (Phi) is 7.02. The van der Waals surface area contributed by atoms with Gasteiger partial charge in [-0.15, -0.1) is 0 Å². The molecule has 5 nitrogen and oxygen atoms in total. The van der Waals surface area contributed by atoms with E-state index in [4.69, 9.17) is 4.74 Å². The first-order chi connectivity index (χ1) is 11.1. The van der Waals surface area contributed by atoms with Gasteiger partial charge in [-0.2, -0.15) is 0 Å². The molecular formula is C18H29FN2O3. The zero-order chi connectivity index (χ0) is 18.4. The van der Waals surface area contributed by atoms with Gasteiger partial charge >= 0.3 is 6.09 Å². The number of phenols is 1. The van der Waals surface area contributed by atoms with Crippen molar-refractivity contribution >= 4 is 6.09 Å². The number of nitrogens with one attached hydrogen (secondary N) is 2. The highest BCUT2D eigenvalue weighted by molar-refractivity contribution is 5.68. The number of phenolic OH excluding ortho intramolecular Hbond substituents is 1. The summed E-state index contributed by atoms with van der Waals surface area (Å²) in [6.07, 6.45) is 1.03. The van der Waals surface area contributed by atoms with Gasteiger partial charge in [0.2, 0.25) is 0 Å². The van der Waals surface area contributed by atoms with Gasteiger partial charge in [-0.1, -0.05) is 19.9 Å². The first kappa shape index (κ1) is 20.2. The van der Waals surface area contributed by atoms with Crippen LogP contribution in [-0.2, 0) is 11.3 Å². The molecule has 1 aromatic carbocycles. The summed E-state index contributed by atoms with van der Waals surface area (Å²) in [6, 6.07) is 4.29. The number of rotatable bonds is 7. The predicted molar refractivity (Wildman–Crippen MR) is 92.5 cm³/mol. The molecule has 0 atom stereocenters. The van der Waals surface area contributed by atoms with Gasteiger partial charge in [0.05, 0.1) is 5.54 Å². The maximum absolute atomic E-state index is 13.4. The van der Waals surface area contributed by atoms with E-state index in [-0.39, 0.29) is 5.75 Å². The molecule has 0 aliphatic rings. The second-order valence-electron chi connectivity index (χ2n) is 7.00. The molecular weight excluding hydrogens is 311 g/mol. The number of ether oxygens (including phenoxy) is 1.